The summed E-state index contributed by atoms with van der Waals surface area (Å²) in [6.07, 6.45) is 0. The highest BCUT2D eigenvalue weighted by Gasteiger charge is 2.43. The summed E-state index contributed by atoms with van der Waals surface area (Å²) >= 11 is 0. The molecule has 0 bridgehead atoms. The molecule has 1 aromatic heterocycles. The highest BCUT2D eigenvalue weighted by Crippen LogP contribution is 2.26. The third-order valence-electron chi connectivity index (χ3n) is 3.64. The minimum Gasteiger partial charge on any atom is -0.252 e. The van der Waals surface area contributed by atoms with Crippen LogP contribution in [0, 0.1) is 5.95 Å². The van der Waals surface area contributed by atoms with Gasteiger partial charge < -0.3 is 0 Å². The normalized spacial score (nSPS) is 16.8. The lowest BCUT2D eigenvalue weighted by molar-refractivity contribution is -0.526. The predicted molar refractivity (Wildman–Crippen MR) is 75.3 cm³/mol. The van der Waals surface area contributed by atoms with Crippen molar-refractivity contribution in [1.29, 1.82) is 0 Å². The summed E-state index contributed by atoms with van der Waals surface area (Å²) in [6.45, 7) is 0. The summed E-state index contributed by atoms with van der Waals surface area (Å²) in [7, 11) is 0. The molecule has 0 spiro atoms. The van der Waals surface area contributed by atoms with Crippen LogP contribution in [0.4, 0.5) is 10.2 Å². The largest absolute Gasteiger partial charge is 0.364 e. The Morgan fingerprint density at radius 1 is 1.05 bits per heavy atom. The fourth-order valence-corrected chi connectivity index (χ4v) is 2.67. The second kappa shape index (κ2) is 4.34. The first-order valence-corrected chi connectivity index (χ1v) is 6.62. The van der Waals surface area contributed by atoms with Gasteiger partial charge in [0.2, 0.25) is 6.04 Å². The number of halogens is 1. The van der Waals surface area contributed by atoms with Gasteiger partial charge in [0, 0.05) is 5.56 Å². The van der Waals surface area contributed by atoms with Gasteiger partial charge >= 0.3 is 17.7 Å². The van der Waals surface area contributed by atoms with Crippen LogP contribution in [0.1, 0.15) is 16.4 Å². The Morgan fingerprint density at radius 2 is 1.76 bits per heavy atom. The molecule has 4 nitrogen and oxygen atoms in total. The molecule has 0 radical (unpaired) electrons. The molecule has 5 heteroatoms. The van der Waals surface area contributed by atoms with E-state index >= 15 is 0 Å². The number of fused-ring (bicyclic) bond motifs is 3. The zero-order valence-corrected chi connectivity index (χ0v) is 11.0. The Hall–Kier alpha value is -2.82. The van der Waals surface area contributed by atoms with Crippen molar-refractivity contribution in [3.05, 3.63) is 66.1 Å². The number of hydrogen-bond acceptors (Lipinski definition) is 3. The Morgan fingerprint density at radius 3 is 2.57 bits per heavy atom. The smallest absolute Gasteiger partial charge is 0.252 e. The minimum atomic E-state index is -0.666. The van der Waals surface area contributed by atoms with Gasteiger partial charge in [0.25, 0.3) is 0 Å². The van der Waals surface area contributed by atoms with Gasteiger partial charge in [-0.2, -0.15) is 8.96 Å². The molecule has 1 N–H and O–H groups in total. The van der Waals surface area contributed by atoms with E-state index in [9.17, 15) is 9.18 Å². The first-order chi connectivity index (χ1) is 10.3. The highest BCUT2D eigenvalue weighted by atomic mass is 19.1. The summed E-state index contributed by atoms with van der Waals surface area (Å²) in [4.78, 5) is 16.6. The van der Waals surface area contributed by atoms with Gasteiger partial charge in [-0.25, -0.2) is 9.78 Å². The van der Waals surface area contributed by atoms with Crippen molar-refractivity contribution < 1.29 is 13.8 Å². The minimum absolute atomic E-state index is 0.118. The molecule has 2 heterocycles. The molecule has 0 aliphatic carbocycles. The topological polar surface area (TPSA) is 45.9 Å². The molecular formula is C16H11FN3O+. The molecule has 21 heavy (non-hydrogen) atoms. The molecular weight excluding hydrogens is 269 g/mol. The van der Waals surface area contributed by atoms with Crippen LogP contribution >= 0.6 is 0 Å². The van der Waals surface area contributed by atoms with Crippen LogP contribution in [0.15, 0.2) is 54.6 Å². The van der Waals surface area contributed by atoms with Crippen LogP contribution in [0.2, 0.25) is 0 Å². The first-order valence-electron chi connectivity index (χ1n) is 6.62. The van der Waals surface area contributed by atoms with Crippen LogP contribution < -0.4 is 9.88 Å². The average Bonchev–Trinajstić information content (AvgIpc) is 2.87. The van der Waals surface area contributed by atoms with Crippen molar-refractivity contribution in [3.63, 3.8) is 0 Å². The number of carbonyl (C=O) groups excluding carboxylic acids is 1. The van der Waals surface area contributed by atoms with E-state index in [4.69, 9.17) is 0 Å². The maximum Gasteiger partial charge on any atom is 0.364 e. The molecule has 1 atom stereocenters. The van der Waals surface area contributed by atoms with E-state index in [2.05, 4.69) is 10.3 Å². The monoisotopic (exact) mass is 280 g/mol. The second-order valence-corrected chi connectivity index (χ2v) is 4.90. The van der Waals surface area contributed by atoms with Gasteiger partial charge in [-0.05, 0) is 12.1 Å². The van der Waals surface area contributed by atoms with Gasteiger partial charge in [-0.3, -0.25) is 5.32 Å². The summed E-state index contributed by atoms with van der Waals surface area (Å²) in [5.74, 6) is -0.748. The van der Waals surface area contributed by atoms with Crippen molar-refractivity contribution in [2.45, 2.75) is 6.04 Å². The Bertz CT molecular complexity index is 864. The van der Waals surface area contributed by atoms with Crippen LogP contribution in [0.3, 0.4) is 0 Å². The van der Waals surface area contributed by atoms with Gasteiger partial charge in [0.05, 0.1) is 0 Å². The third-order valence-corrected chi connectivity index (χ3v) is 3.64. The van der Waals surface area contributed by atoms with E-state index in [0.29, 0.717) is 11.0 Å². The van der Waals surface area contributed by atoms with Crippen LogP contribution in [-0.4, -0.2) is 10.9 Å². The van der Waals surface area contributed by atoms with Crippen molar-refractivity contribution >= 4 is 22.8 Å². The molecule has 0 saturated carbocycles. The van der Waals surface area contributed by atoms with Crippen molar-refractivity contribution in [2.75, 3.05) is 5.32 Å². The van der Waals surface area contributed by atoms with Crippen LogP contribution in [0.25, 0.3) is 11.0 Å². The van der Waals surface area contributed by atoms with E-state index < -0.39 is 12.0 Å². The summed E-state index contributed by atoms with van der Waals surface area (Å²) < 4.78 is 15.5. The maximum absolute atomic E-state index is 14.1. The molecule has 102 valence electrons. The van der Waals surface area contributed by atoms with E-state index in [-0.39, 0.29) is 11.7 Å². The lowest BCUT2D eigenvalue weighted by atomic mass is 10.1. The summed E-state index contributed by atoms with van der Waals surface area (Å²) in [5, 5.41) is 2.94. The molecule has 3 aromatic rings. The number of nitrogens with zero attached hydrogens (tertiary/aromatic N) is 2. The van der Waals surface area contributed by atoms with E-state index in [1.54, 1.807) is 24.3 Å². The SMILES string of the molecule is O=C1C(c2ccccc2)Nc2c(F)nc3ccccc3[n+]21. The highest BCUT2D eigenvalue weighted by molar-refractivity contribution is 5.87. The summed E-state index contributed by atoms with van der Waals surface area (Å²) in [5.41, 5.74) is 1.86. The third kappa shape index (κ3) is 1.71. The first kappa shape index (κ1) is 12.0. The number of benzene rings is 2. The van der Waals surface area contributed by atoms with Gasteiger partial charge in [-0.1, -0.05) is 42.5 Å². The lowest BCUT2D eigenvalue weighted by Gasteiger charge is -2.02. The number of para-hydroxylation sites is 2. The van der Waals surface area contributed by atoms with Gasteiger partial charge in [-0.15, -0.1) is 0 Å². The molecule has 4 rings (SSSR count). The second-order valence-electron chi connectivity index (χ2n) is 4.90. The molecule has 1 unspecified atom stereocenters. The maximum atomic E-state index is 14.1. The quantitative estimate of drug-likeness (QED) is 0.696. The molecule has 1 aliphatic rings. The van der Waals surface area contributed by atoms with Gasteiger partial charge in [0.1, 0.15) is 5.52 Å². The zero-order valence-electron chi connectivity index (χ0n) is 11.0. The van der Waals surface area contributed by atoms with Crippen molar-refractivity contribution in [1.82, 2.24) is 4.98 Å². The fraction of sp³-hybridized carbons (Fsp3) is 0.0625. The number of aromatic nitrogens is 2. The number of carbonyl (C=O) groups is 1. The van der Waals surface area contributed by atoms with E-state index in [1.165, 1.54) is 4.57 Å². The average molecular weight is 280 g/mol. The molecule has 0 saturated heterocycles. The van der Waals surface area contributed by atoms with Crippen LogP contribution in [-0.2, 0) is 0 Å². The number of nitrogens with one attached hydrogen (secondary N) is 1. The van der Waals surface area contributed by atoms with E-state index in [0.717, 1.165) is 5.56 Å². The number of hydrogen-bond donors (Lipinski definition) is 1. The van der Waals surface area contributed by atoms with Gasteiger partial charge in [0.15, 0.2) is 5.52 Å². The number of anilines is 1. The van der Waals surface area contributed by atoms with Crippen molar-refractivity contribution in [3.8, 4) is 0 Å². The Kier molecular flexibility index (Phi) is 2.47. The zero-order chi connectivity index (χ0) is 14.4. The molecule has 2 aromatic carbocycles. The standard InChI is InChI=1S/C16H10FN3O/c17-14-15-19-13(10-6-2-1-3-7-10)16(21)20(15)12-9-5-4-8-11(12)18-14/h1-9,13H/p+1. The fourth-order valence-electron chi connectivity index (χ4n) is 2.67. The lowest BCUT2D eigenvalue weighted by Crippen LogP contribution is -2.41. The number of rotatable bonds is 1. The molecule has 0 amide bonds. The molecule has 1 aliphatic heterocycles. The molecule has 0 fully saturated rings. The Balaban J connectivity index is 1.94. The Labute approximate surface area is 119 Å². The summed E-state index contributed by atoms with van der Waals surface area (Å²) in [6, 6.07) is 15.7. The van der Waals surface area contributed by atoms with Crippen LogP contribution in [0.5, 0.6) is 0 Å². The van der Waals surface area contributed by atoms with Crippen molar-refractivity contribution in [2.24, 2.45) is 0 Å². The van der Waals surface area contributed by atoms with E-state index in [1.807, 2.05) is 30.3 Å². The predicted octanol–water partition coefficient (Wildman–Crippen LogP) is 2.47.